The highest BCUT2D eigenvalue weighted by atomic mass is 32.2. The van der Waals surface area contributed by atoms with Crippen LogP contribution in [-0.4, -0.2) is 63.7 Å². The molecule has 28 heavy (non-hydrogen) atoms. The number of carbonyl (C=O) groups excluding carboxylic acids is 1. The van der Waals surface area contributed by atoms with Gasteiger partial charge >= 0.3 is 5.69 Å². The molecule has 0 saturated heterocycles. The Bertz CT molecular complexity index is 1160. The Balaban J connectivity index is 1.88. The Morgan fingerprint density at radius 3 is 2.25 bits per heavy atom. The number of amides is 1. The van der Waals surface area contributed by atoms with Crippen LogP contribution < -0.4 is 21.3 Å². The number of primary sulfonamides is 2. The highest BCUT2D eigenvalue weighted by Crippen LogP contribution is 2.27. The molecule has 0 spiro atoms. The highest BCUT2D eigenvalue weighted by Gasteiger charge is 2.40. The summed E-state index contributed by atoms with van der Waals surface area (Å²) in [4.78, 5) is 28.4. The number of nitrogens with zero attached hydrogens (tertiary/aromatic N) is 5. The van der Waals surface area contributed by atoms with Gasteiger partial charge in [-0.05, 0) is 19.3 Å². The lowest BCUT2D eigenvalue weighted by molar-refractivity contribution is 0.0925. The molecule has 2 atom stereocenters. The van der Waals surface area contributed by atoms with Gasteiger partial charge in [0.2, 0.25) is 20.0 Å². The second kappa shape index (κ2) is 6.87. The van der Waals surface area contributed by atoms with Crippen LogP contribution in [0, 0.1) is 0 Å². The number of aromatic nitrogens is 5. The minimum absolute atomic E-state index is 0.0875. The summed E-state index contributed by atoms with van der Waals surface area (Å²) in [7, 11) is -6.72. The van der Waals surface area contributed by atoms with E-state index < -0.39 is 48.2 Å². The lowest BCUT2D eigenvalue weighted by Gasteiger charge is -2.32. The minimum atomic E-state index is -4.04. The standard InChI is InChI=1S/C12H18N8O6S2/c1-19-12(22)20-5-15-9(10(20)17-18-19)11(21)16-6-2-7(27(13,23)24)4-8(3-6)28(14,25)26/h5-8H,2-4H2,1H3,(H,16,21)(H2,13,23,24)(H2,14,25,26). The minimum Gasteiger partial charge on any atom is -0.348 e. The summed E-state index contributed by atoms with van der Waals surface area (Å²) < 4.78 is 48.9. The molecule has 1 aliphatic rings. The van der Waals surface area contributed by atoms with Crippen LogP contribution in [0.15, 0.2) is 11.1 Å². The molecule has 2 unspecified atom stereocenters. The first kappa shape index (κ1) is 20.3. The van der Waals surface area contributed by atoms with E-state index in [-0.39, 0.29) is 30.6 Å². The van der Waals surface area contributed by atoms with Crippen molar-refractivity contribution >= 4 is 31.6 Å². The van der Waals surface area contributed by atoms with Gasteiger partial charge in [-0.2, -0.15) is 4.68 Å². The summed E-state index contributed by atoms with van der Waals surface area (Å²) in [6.45, 7) is 0. The smallest absolute Gasteiger partial charge is 0.348 e. The summed E-state index contributed by atoms with van der Waals surface area (Å²) in [6, 6.07) is -0.843. The Morgan fingerprint density at radius 2 is 1.71 bits per heavy atom. The Labute approximate surface area is 159 Å². The first-order valence-corrected chi connectivity index (χ1v) is 11.2. The number of nitrogens with two attached hydrogens (primary N) is 2. The number of imidazole rings is 1. The van der Waals surface area contributed by atoms with E-state index in [9.17, 15) is 26.4 Å². The predicted octanol–water partition coefficient (Wildman–Crippen LogP) is -3.58. The van der Waals surface area contributed by atoms with E-state index in [0.29, 0.717) is 0 Å². The van der Waals surface area contributed by atoms with Crippen molar-refractivity contribution in [3.05, 3.63) is 22.5 Å². The quantitative estimate of drug-likeness (QED) is 0.433. The predicted molar refractivity (Wildman–Crippen MR) is 94.9 cm³/mol. The van der Waals surface area contributed by atoms with Crippen LogP contribution in [0.1, 0.15) is 29.8 Å². The van der Waals surface area contributed by atoms with Gasteiger partial charge in [-0.3, -0.25) is 4.79 Å². The lowest BCUT2D eigenvalue weighted by atomic mass is 9.94. The third kappa shape index (κ3) is 3.89. The van der Waals surface area contributed by atoms with E-state index in [4.69, 9.17) is 10.3 Å². The van der Waals surface area contributed by atoms with Crippen molar-refractivity contribution in [2.75, 3.05) is 0 Å². The summed E-state index contributed by atoms with van der Waals surface area (Å²) >= 11 is 0. The molecule has 2 aromatic heterocycles. The molecule has 2 heterocycles. The zero-order valence-electron chi connectivity index (χ0n) is 14.6. The molecule has 0 radical (unpaired) electrons. The molecule has 154 valence electrons. The Hall–Kier alpha value is -2.43. The summed E-state index contributed by atoms with van der Waals surface area (Å²) in [5.74, 6) is -0.765. The third-order valence-electron chi connectivity index (χ3n) is 4.60. The van der Waals surface area contributed by atoms with Crippen LogP contribution >= 0.6 is 0 Å². The first-order valence-electron chi connectivity index (χ1n) is 7.99. The zero-order chi connectivity index (χ0) is 20.9. The molecule has 0 aliphatic heterocycles. The molecule has 0 bridgehead atoms. The van der Waals surface area contributed by atoms with Gasteiger partial charge in [0.05, 0.1) is 10.5 Å². The van der Waals surface area contributed by atoms with Crippen molar-refractivity contribution in [3.63, 3.8) is 0 Å². The maximum atomic E-state index is 12.6. The van der Waals surface area contributed by atoms with Gasteiger partial charge in [0.25, 0.3) is 5.91 Å². The second-order valence-electron chi connectivity index (χ2n) is 6.58. The van der Waals surface area contributed by atoms with Crippen LogP contribution in [0.3, 0.4) is 0 Å². The average Bonchev–Trinajstić information content (AvgIpc) is 3.01. The van der Waals surface area contributed by atoms with Crippen LogP contribution in [0.4, 0.5) is 0 Å². The van der Waals surface area contributed by atoms with Crippen molar-refractivity contribution in [2.24, 2.45) is 17.3 Å². The topological polar surface area (TPSA) is 214 Å². The third-order valence-corrected chi connectivity index (χ3v) is 7.23. The van der Waals surface area contributed by atoms with Gasteiger partial charge < -0.3 is 5.32 Å². The van der Waals surface area contributed by atoms with Crippen molar-refractivity contribution in [2.45, 2.75) is 35.8 Å². The lowest BCUT2D eigenvalue weighted by Crippen LogP contribution is -2.50. The summed E-state index contributed by atoms with van der Waals surface area (Å²) in [5.41, 5.74) is -0.879. The van der Waals surface area contributed by atoms with Gasteiger partial charge in [-0.1, -0.05) is 5.21 Å². The summed E-state index contributed by atoms with van der Waals surface area (Å²) in [5, 5.41) is 17.8. The van der Waals surface area contributed by atoms with Crippen molar-refractivity contribution in [1.29, 1.82) is 0 Å². The maximum Gasteiger partial charge on any atom is 0.352 e. The van der Waals surface area contributed by atoms with E-state index in [1.165, 1.54) is 7.05 Å². The fraction of sp³-hybridized carbons (Fsp3) is 0.583. The van der Waals surface area contributed by atoms with Crippen LogP contribution in [-0.2, 0) is 27.1 Å². The first-order chi connectivity index (χ1) is 12.9. The zero-order valence-corrected chi connectivity index (χ0v) is 16.2. The fourth-order valence-corrected chi connectivity index (χ4v) is 5.29. The fourth-order valence-electron chi connectivity index (χ4n) is 3.17. The number of aryl methyl sites for hydroxylation is 1. The molecule has 3 rings (SSSR count). The van der Waals surface area contributed by atoms with Crippen molar-refractivity contribution in [3.8, 4) is 0 Å². The maximum absolute atomic E-state index is 12.6. The number of sulfonamides is 2. The second-order valence-corrected chi connectivity index (χ2v) is 10.3. The van der Waals surface area contributed by atoms with Gasteiger partial charge in [0.15, 0.2) is 11.3 Å². The van der Waals surface area contributed by atoms with Gasteiger partial charge in [0.1, 0.15) is 6.33 Å². The average molecular weight is 434 g/mol. The SMILES string of the molecule is Cn1nnc2c(C(=O)NC3CC(S(N)(=O)=O)CC(S(N)(=O)=O)C3)ncn2c1=O. The molecular weight excluding hydrogens is 416 g/mol. The molecule has 1 amide bonds. The van der Waals surface area contributed by atoms with E-state index in [2.05, 4.69) is 20.6 Å². The van der Waals surface area contributed by atoms with Crippen LogP contribution in [0.25, 0.3) is 5.65 Å². The number of nitrogens with one attached hydrogen (secondary N) is 1. The van der Waals surface area contributed by atoms with E-state index in [1.807, 2.05) is 0 Å². The Morgan fingerprint density at radius 1 is 1.14 bits per heavy atom. The van der Waals surface area contributed by atoms with Crippen molar-refractivity contribution in [1.82, 2.24) is 29.7 Å². The molecule has 14 nitrogen and oxygen atoms in total. The normalized spacial score (nSPS) is 23.6. The van der Waals surface area contributed by atoms with Crippen molar-refractivity contribution < 1.29 is 21.6 Å². The number of hydrogen-bond donors (Lipinski definition) is 3. The number of rotatable bonds is 4. The number of fused-ring (bicyclic) bond motifs is 1. The van der Waals surface area contributed by atoms with Gasteiger partial charge in [-0.15, -0.1) is 5.10 Å². The van der Waals surface area contributed by atoms with Gasteiger partial charge in [-0.25, -0.2) is 41.3 Å². The molecule has 2 aromatic rings. The van der Waals surface area contributed by atoms with E-state index >= 15 is 0 Å². The molecule has 1 fully saturated rings. The molecule has 16 heteroatoms. The van der Waals surface area contributed by atoms with E-state index in [0.717, 1.165) is 15.4 Å². The summed E-state index contributed by atoms with van der Waals surface area (Å²) in [6.07, 6.45) is 0.674. The largest absolute Gasteiger partial charge is 0.352 e. The monoisotopic (exact) mass is 434 g/mol. The van der Waals surface area contributed by atoms with Crippen LogP contribution in [0.5, 0.6) is 0 Å². The molecule has 1 saturated carbocycles. The van der Waals surface area contributed by atoms with Gasteiger partial charge in [0, 0.05) is 13.1 Å². The number of hydrogen-bond acceptors (Lipinski definition) is 9. The van der Waals surface area contributed by atoms with Crippen LogP contribution in [0.2, 0.25) is 0 Å². The van der Waals surface area contributed by atoms with E-state index in [1.54, 1.807) is 0 Å². The number of carbonyl (C=O) groups is 1. The molecular formula is C12H18N8O6S2. The molecule has 1 aliphatic carbocycles. The molecule has 0 aromatic carbocycles. The Kier molecular flexibility index (Phi) is 4.98. The molecule has 5 N–H and O–H groups in total. The highest BCUT2D eigenvalue weighted by molar-refractivity contribution is 7.90.